The van der Waals surface area contributed by atoms with Gasteiger partial charge in [0.15, 0.2) is 11.5 Å². The Labute approximate surface area is 215 Å². The molecule has 1 unspecified atom stereocenters. The van der Waals surface area contributed by atoms with Gasteiger partial charge >= 0.3 is 0 Å². The summed E-state index contributed by atoms with van der Waals surface area (Å²) >= 11 is 0. The first-order valence-corrected chi connectivity index (χ1v) is 13.8. The number of phenolic OH excluding ortho intramolecular Hbond substituents is 1. The maximum absolute atomic E-state index is 13.3. The van der Waals surface area contributed by atoms with Crippen molar-refractivity contribution in [2.75, 3.05) is 13.1 Å². The normalized spacial score (nSPS) is 33.7. The van der Waals surface area contributed by atoms with Crippen molar-refractivity contribution >= 4 is 16.8 Å². The average molecular weight is 500 g/mol. The largest absolute Gasteiger partial charge is 0.504 e. The summed E-state index contributed by atoms with van der Waals surface area (Å²) in [6.07, 6.45) is 7.20. The molecule has 3 heterocycles. The number of aromatic hydroxyl groups is 1. The molecule has 37 heavy (non-hydrogen) atoms. The highest BCUT2D eigenvalue weighted by molar-refractivity contribution is 5.89. The fourth-order valence-corrected chi connectivity index (χ4v) is 8.34. The number of benzene rings is 2. The molecule has 1 amide bonds. The number of hydrogen-bond acceptors (Lipinski definition) is 5. The fourth-order valence-electron chi connectivity index (χ4n) is 8.34. The van der Waals surface area contributed by atoms with Crippen molar-refractivity contribution in [2.24, 2.45) is 5.92 Å². The molecule has 4 N–H and O–H groups in total. The van der Waals surface area contributed by atoms with Crippen LogP contribution in [-0.2, 0) is 23.1 Å². The summed E-state index contributed by atoms with van der Waals surface area (Å²) in [6.45, 7) is 1.97. The molecule has 8 rings (SSSR count). The third-order valence-corrected chi connectivity index (χ3v) is 10.1. The zero-order chi connectivity index (χ0) is 24.9. The van der Waals surface area contributed by atoms with Gasteiger partial charge in [-0.1, -0.05) is 24.3 Å². The van der Waals surface area contributed by atoms with Crippen LogP contribution in [0.4, 0.5) is 0 Å². The van der Waals surface area contributed by atoms with Crippen molar-refractivity contribution in [3.8, 4) is 11.5 Å². The number of nitrogens with one attached hydrogen (secondary N) is 2. The molecule has 5 atom stereocenters. The van der Waals surface area contributed by atoms with Crippen LogP contribution in [0.5, 0.6) is 11.5 Å². The highest BCUT2D eigenvalue weighted by Gasteiger charge is 2.73. The lowest BCUT2D eigenvalue weighted by Gasteiger charge is -2.64. The first-order chi connectivity index (χ1) is 18.0. The second-order valence-electron chi connectivity index (χ2n) is 12.0. The van der Waals surface area contributed by atoms with Crippen LogP contribution in [0.1, 0.15) is 48.8 Å². The lowest BCUT2D eigenvalue weighted by molar-refractivity contribution is -0.192. The summed E-state index contributed by atoms with van der Waals surface area (Å²) in [6, 6.07) is 11.6. The maximum atomic E-state index is 13.3. The van der Waals surface area contributed by atoms with Crippen molar-refractivity contribution in [1.82, 2.24) is 15.2 Å². The second kappa shape index (κ2) is 7.51. The Morgan fingerprint density at radius 3 is 2.89 bits per heavy atom. The van der Waals surface area contributed by atoms with E-state index in [0.717, 1.165) is 53.9 Å². The van der Waals surface area contributed by atoms with Gasteiger partial charge in [-0.15, -0.1) is 0 Å². The molecule has 192 valence electrons. The summed E-state index contributed by atoms with van der Waals surface area (Å²) in [5.41, 5.74) is 2.62. The van der Waals surface area contributed by atoms with Gasteiger partial charge in [-0.3, -0.25) is 9.69 Å². The van der Waals surface area contributed by atoms with E-state index in [1.165, 1.54) is 18.4 Å². The molecule has 2 bridgehead atoms. The Bertz CT molecular complexity index is 1430. The van der Waals surface area contributed by atoms with Crippen LogP contribution in [0.15, 0.2) is 42.6 Å². The molecule has 7 heteroatoms. The van der Waals surface area contributed by atoms with Gasteiger partial charge in [0.25, 0.3) is 0 Å². The number of amides is 1. The molecule has 3 aromatic rings. The van der Waals surface area contributed by atoms with Gasteiger partial charge in [0.05, 0.1) is 23.5 Å². The van der Waals surface area contributed by atoms with Crippen LogP contribution in [0.3, 0.4) is 0 Å². The molecular formula is C30H33N3O4. The molecule has 3 aliphatic carbocycles. The number of hydrogen-bond donors (Lipinski definition) is 4. The van der Waals surface area contributed by atoms with Crippen LogP contribution in [0.25, 0.3) is 10.9 Å². The molecule has 2 aromatic carbocycles. The van der Waals surface area contributed by atoms with Crippen LogP contribution in [0, 0.1) is 5.92 Å². The first-order valence-electron chi connectivity index (χ1n) is 13.8. The number of carbonyl (C=O) groups is 1. The highest BCUT2D eigenvalue weighted by Crippen LogP contribution is 2.65. The van der Waals surface area contributed by atoms with Crippen molar-refractivity contribution in [3.63, 3.8) is 0 Å². The number of piperidine rings is 1. The van der Waals surface area contributed by atoms with Crippen molar-refractivity contribution in [2.45, 2.75) is 74.1 Å². The van der Waals surface area contributed by atoms with Gasteiger partial charge < -0.3 is 25.3 Å². The molecule has 2 aliphatic heterocycles. The minimum Gasteiger partial charge on any atom is -0.504 e. The lowest BCUT2D eigenvalue weighted by Crippen LogP contribution is -2.78. The van der Waals surface area contributed by atoms with Gasteiger partial charge in [0, 0.05) is 35.2 Å². The van der Waals surface area contributed by atoms with Gasteiger partial charge in [0.2, 0.25) is 5.91 Å². The number of aromatic nitrogens is 1. The third-order valence-electron chi connectivity index (χ3n) is 10.1. The van der Waals surface area contributed by atoms with E-state index in [1.807, 2.05) is 36.5 Å². The molecule has 0 radical (unpaired) electrons. The first kappa shape index (κ1) is 22.0. The highest BCUT2D eigenvalue weighted by atomic mass is 16.5. The number of ether oxygens (including phenoxy) is 1. The van der Waals surface area contributed by atoms with Gasteiger partial charge in [-0.05, 0) is 74.2 Å². The smallest absolute Gasteiger partial charge is 0.224 e. The molecule has 1 spiro atoms. The van der Waals surface area contributed by atoms with E-state index in [-0.39, 0.29) is 30.2 Å². The Hall–Kier alpha value is -3.03. The number of fused-ring (bicyclic) bond motifs is 1. The fraction of sp³-hybridized carbons (Fsp3) is 0.500. The Kier molecular flexibility index (Phi) is 4.47. The van der Waals surface area contributed by atoms with Crippen LogP contribution < -0.4 is 10.1 Å². The van der Waals surface area contributed by atoms with Gasteiger partial charge in [-0.2, -0.15) is 0 Å². The number of para-hydroxylation sites is 1. The van der Waals surface area contributed by atoms with Crippen molar-refractivity contribution < 1.29 is 19.7 Å². The summed E-state index contributed by atoms with van der Waals surface area (Å²) in [5.74, 6) is 1.37. The molecule has 1 saturated heterocycles. The minimum absolute atomic E-state index is 0.0406. The summed E-state index contributed by atoms with van der Waals surface area (Å²) in [4.78, 5) is 19.1. The second-order valence-corrected chi connectivity index (χ2v) is 12.0. The van der Waals surface area contributed by atoms with E-state index >= 15 is 0 Å². The topological polar surface area (TPSA) is 97.8 Å². The molecule has 7 nitrogen and oxygen atoms in total. The predicted molar refractivity (Wildman–Crippen MR) is 139 cm³/mol. The van der Waals surface area contributed by atoms with Crippen LogP contribution in [0.2, 0.25) is 0 Å². The molecule has 3 fully saturated rings. The molecule has 5 aliphatic rings. The quantitative estimate of drug-likeness (QED) is 0.432. The lowest BCUT2D eigenvalue weighted by atomic mass is 9.48. The number of carbonyl (C=O) groups excluding carboxylic acids is 1. The number of phenols is 1. The van der Waals surface area contributed by atoms with E-state index < -0.39 is 17.1 Å². The van der Waals surface area contributed by atoms with Crippen molar-refractivity contribution in [3.05, 3.63) is 59.3 Å². The maximum Gasteiger partial charge on any atom is 0.224 e. The zero-order valence-electron chi connectivity index (χ0n) is 20.9. The Balaban J connectivity index is 1.14. The van der Waals surface area contributed by atoms with Gasteiger partial charge in [-0.25, -0.2) is 0 Å². The SMILES string of the molecule is O=C(Cc1c[nH]c2ccccc12)N[C@@H]1CC[C@@]2(O)C3Cc4ccc(O)c5c4[C@@]2(CCN3CC2CC2)[C@H]1O5. The molecule has 2 saturated carbocycles. The third kappa shape index (κ3) is 2.93. The number of likely N-dealkylation sites (tertiary alicyclic amines) is 1. The standard InChI is InChI=1S/C30H33N3O4/c34-23-8-7-18-13-24-30(36)10-9-22(32-25(35)14-19-15-31-21-4-2-1-3-20(19)21)28-29(30,26(18)27(23)37-28)11-12-33(24)16-17-5-6-17/h1-4,7-8,15,17,22,24,28,31,34,36H,5-6,9-14,16H2,(H,32,35)/t22-,24?,28+,29+,30-/m1/s1. The number of aromatic amines is 1. The monoisotopic (exact) mass is 499 g/mol. The van der Waals surface area contributed by atoms with E-state index in [2.05, 4.69) is 15.2 Å². The summed E-state index contributed by atoms with van der Waals surface area (Å²) < 4.78 is 6.57. The number of nitrogens with zero attached hydrogens (tertiary/aromatic N) is 1. The number of rotatable bonds is 5. The zero-order valence-corrected chi connectivity index (χ0v) is 20.9. The van der Waals surface area contributed by atoms with E-state index in [1.54, 1.807) is 6.07 Å². The Morgan fingerprint density at radius 1 is 1.16 bits per heavy atom. The molecule has 1 aromatic heterocycles. The van der Waals surface area contributed by atoms with E-state index in [9.17, 15) is 15.0 Å². The molecular weight excluding hydrogens is 466 g/mol. The summed E-state index contributed by atoms with van der Waals surface area (Å²) in [7, 11) is 0. The van der Waals surface area contributed by atoms with Crippen LogP contribution in [-0.4, -0.2) is 62.9 Å². The van der Waals surface area contributed by atoms with Gasteiger partial charge in [0.1, 0.15) is 6.10 Å². The Morgan fingerprint density at radius 2 is 2.03 bits per heavy atom. The van der Waals surface area contributed by atoms with E-state index in [0.29, 0.717) is 18.6 Å². The minimum atomic E-state index is -0.936. The average Bonchev–Trinajstić information content (AvgIpc) is 3.50. The van der Waals surface area contributed by atoms with Crippen molar-refractivity contribution in [1.29, 1.82) is 0 Å². The summed E-state index contributed by atoms with van der Waals surface area (Å²) in [5, 5.41) is 27.7. The predicted octanol–water partition coefficient (Wildman–Crippen LogP) is 3.17. The number of H-pyrrole nitrogens is 1. The van der Waals surface area contributed by atoms with Crippen LogP contribution >= 0.6 is 0 Å². The van der Waals surface area contributed by atoms with E-state index in [4.69, 9.17) is 4.74 Å². The number of aliphatic hydroxyl groups is 1.